The van der Waals surface area contributed by atoms with E-state index in [1.807, 2.05) is 18.5 Å². The van der Waals surface area contributed by atoms with Gasteiger partial charge in [0.2, 0.25) is 0 Å². The van der Waals surface area contributed by atoms with Crippen molar-refractivity contribution in [3.05, 3.63) is 5.69 Å². The van der Waals surface area contributed by atoms with E-state index in [-0.39, 0.29) is 11.6 Å². The molecule has 1 aromatic heterocycles. The Labute approximate surface area is 110 Å². The van der Waals surface area contributed by atoms with Crippen LogP contribution in [0, 0.1) is 6.92 Å². The van der Waals surface area contributed by atoms with Crippen LogP contribution in [-0.2, 0) is 4.74 Å². The second-order valence-corrected chi connectivity index (χ2v) is 5.43. The number of hydrogen-bond donors (Lipinski definition) is 2. The summed E-state index contributed by atoms with van der Waals surface area (Å²) in [6.07, 6.45) is 0. The molecule has 0 fully saturated rings. The Bertz CT molecular complexity index is 396. The maximum absolute atomic E-state index is 6.06. The average Bonchev–Trinajstić information content (AvgIpc) is 2.53. The summed E-state index contributed by atoms with van der Waals surface area (Å²) < 4.78 is 7.59. The SMILES string of the molecule is CCOC(C)(C)CNc1c(N)c(C)nn1C(C)C. The lowest BCUT2D eigenvalue weighted by Crippen LogP contribution is -2.34. The smallest absolute Gasteiger partial charge is 0.148 e. The van der Waals surface area contributed by atoms with Crippen LogP contribution in [0.5, 0.6) is 0 Å². The maximum Gasteiger partial charge on any atom is 0.148 e. The maximum atomic E-state index is 6.06. The van der Waals surface area contributed by atoms with Gasteiger partial charge in [0.15, 0.2) is 0 Å². The molecule has 0 aromatic carbocycles. The lowest BCUT2D eigenvalue weighted by atomic mass is 10.1. The molecule has 0 aliphatic carbocycles. The van der Waals surface area contributed by atoms with Crippen molar-refractivity contribution in [3.63, 3.8) is 0 Å². The molecule has 3 N–H and O–H groups in total. The van der Waals surface area contributed by atoms with E-state index in [9.17, 15) is 0 Å². The van der Waals surface area contributed by atoms with E-state index >= 15 is 0 Å². The fourth-order valence-electron chi connectivity index (χ4n) is 1.85. The standard InChI is InChI=1S/C13H26N4O/c1-7-18-13(5,6)8-15-12-11(14)10(4)16-17(12)9(2)3/h9,15H,7-8,14H2,1-6H3. The number of nitrogens with one attached hydrogen (secondary N) is 1. The Morgan fingerprint density at radius 1 is 1.44 bits per heavy atom. The number of aromatic nitrogens is 2. The minimum atomic E-state index is -0.221. The number of anilines is 2. The largest absolute Gasteiger partial charge is 0.394 e. The molecule has 0 atom stereocenters. The predicted molar refractivity (Wildman–Crippen MR) is 76.0 cm³/mol. The molecule has 1 heterocycles. The van der Waals surface area contributed by atoms with Crippen molar-refractivity contribution in [1.29, 1.82) is 0 Å². The van der Waals surface area contributed by atoms with Crippen LogP contribution >= 0.6 is 0 Å². The quantitative estimate of drug-likeness (QED) is 0.819. The van der Waals surface area contributed by atoms with E-state index < -0.39 is 0 Å². The molecule has 5 heteroatoms. The highest BCUT2D eigenvalue weighted by atomic mass is 16.5. The zero-order valence-corrected chi connectivity index (χ0v) is 12.4. The Morgan fingerprint density at radius 3 is 2.56 bits per heavy atom. The van der Waals surface area contributed by atoms with Crippen LogP contribution in [0.25, 0.3) is 0 Å². The molecule has 0 aliphatic rings. The van der Waals surface area contributed by atoms with E-state index in [0.717, 1.165) is 17.2 Å². The van der Waals surface area contributed by atoms with Gasteiger partial charge in [-0.1, -0.05) is 0 Å². The summed E-state index contributed by atoms with van der Waals surface area (Å²) in [6.45, 7) is 13.6. The predicted octanol–water partition coefficient (Wildman–Crippen LogP) is 2.58. The van der Waals surface area contributed by atoms with Gasteiger partial charge in [0.05, 0.1) is 17.0 Å². The lowest BCUT2D eigenvalue weighted by Gasteiger charge is -2.26. The molecular formula is C13H26N4O. The first-order valence-electron chi connectivity index (χ1n) is 6.51. The normalized spacial score (nSPS) is 12.2. The van der Waals surface area contributed by atoms with Crippen LogP contribution in [0.1, 0.15) is 46.4 Å². The first-order valence-corrected chi connectivity index (χ1v) is 6.51. The monoisotopic (exact) mass is 254 g/mol. The highest BCUT2D eigenvalue weighted by Crippen LogP contribution is 2.26. The van der Waals surface area contributed by atoms with Crippen LogP contribution < -0.4 is 11.1 Å². The van der Waals surface area contributed by atoms with Gasteiger partial charge in [-0.25, -0.2) is 4.68 Å². The second-order valence-electron chi connectivity index (χ2n) is 5.43. The number of aryl methyl sites for hydroxylation is 1. The van der Waals surface area contributed by atoms with Crippen molar-refractivity contribution in [1.82, 2.24) is 9.78 Å². The van der Waals surface area contributed by atoms with Crippen LogP contribution in [0.2, 0.25) is 0 Å². The molecule has 5 nitrogen and oxygen atoms in total. The first kappa shape index (κ1) is 14.8. The summed E-state index contributed by atoms with van der Waals surface area (Å²) in [5.41, 5.74) is 7.42. The Kier molecular flexibility index (Phi) is 4.62. The van der Waals surface area contributed by atoms with Crippen molar-refractivity contribution >= 4 is 11.5 Å². The number of nitrogen functional groups attached to an aromatic ring is 1. The summed E-state index contributed by atoms with van der Waals surface area (Å²) in [5.74, 6) is 0.885. The van der Waals surface area contributed by atoms with E-state index in [1.54, 1.807) is 0 Å². The molecule has 1 rings (SSSR count). The van der Waals surface area contributed by atoms with Crippen LogP contribution in [0.15, 0.2) is 0 Å². The van der Waals surface area contributed by atoms with Gasteiger partial charge in [0, 0.05) is 19.2 Å². The first-order chi connectivity index (χ1) is 8.28. The molecule has 0 saturated carbocycles. The molecule has 1 aromatic rings. The number of hydrogen-bond acceptors (Lipinski definition) is 4. The highest BCUT2D eigenvalue weighted by molar-refractivity contribution is 5.65. The van der Waals surface area contributed by atoms with Gasteiger partial charge in [-0.3, -0.25) is 0 Å². The Balaban J connectivity index is 2.84. The topological polar surface area (TPSA) is 65.1 Å². The fourth-order valence-corrected chi connectivity index (χ4v) is 1.85. The Hall–Kier alpha value is -1.23. The second kappa shape index (κ2) is 5.61. The van der Waals surface area contributed by atoms with Gasteiger partial charge in [0.1, 0.15) is 5.82 Å². The molecule has 0 spiro atoms. The third kappa shape index (κ3) is 3.38. The van der Waals surface area contributed by atoms with Crippen molar-refractivity contribution < 1.29 is 4.74 Å². The van der Waals surface area contributed by atoms with Gasteiger partial charge < -0.3 is 15.8 Å². The average molecular weight is 254 g/mol. The van der Waals surface area contributed by atoms with Crippen LogP contribution in [0.3, 0.4) is 0 Å². The zero-order valence-electron chi connectivity index (χ0n) is 12.4. The van der Waals surface area contributed by atoms with Crippen LogP contribution in [-0.4, -0.2) is 28.5 Å². The van der Waals surface area contributed by atoms with E-state index in [4.69, 9.17) is 10.5 Å². The minimum absolute atomic E-state index is 0.221. The van der Waals surface area contributed by atoms with Gasteiger partial charge in [-0.15, -0.1) is 0 Å². The van der Waals surface area contributed by atoms with E-state index in [1.165, 1.54) is 0 Å². The third-order valence-electron chi connectivity index (χ3n) is 2.84. The van der Waals surface area contributed by atoms with Crippen molar-refractivity contribution in [2.24, 2.45) is 0 Å². The molecule has 0 radical (unpaired) electrons. The number of rotatable bonds is 6. The number of nitrogens with two attached hydrogens (primary N) is 1. The molecule has 104 valence electrons. The molecular weight excluding hydrogens is 228 g/mol. The summed E-state index contributed by atoms with van der Waals surface area (Å²) in [4.78, 5) is 0. The molecule has 0 aliphatic heterocycles. The Morgan fingerprint density at radius 2 is 2.06 bits per heavy atom. The van der Waals surface area contributed by atoms with Crippen molar-refractivity contribution in [2.45, 2.75) is 53.2 Å². The van der Waals surface area contributed by atoms with Gasteiger partial charge in [0.25, 0.3) is 0 Å². The number of nitrogens with zero attached hydrogens (tertiary/aromatic N) is 2. The van der Waals surface area contributed by atoms with Crippen molar-refractivity contribution in [2.75, 3.05) is 24.2 Å². The van der Waals surface area contributed by atoms with Gasteiger partial charge >= 0.3 is 0 Å². The lowest BCUT2D eigenvalue weighted by molar-refractivity contribution is 0.000586. The zero-order chi connectivity index (χ0) is 13.9. The summed E-state index contributed by atoms with van der Waals surface area (Å²) in [6, 6.07) is 0.277. The van der Waals surface area contributed by atoms with Crippen molar-refractivity contribution in [3.8, 4) is 0 Å². The van der Waals surface area contributed by atoms with E-state index in [2.05, 4.69) is 38.1 Å². The molecule has 0 unspecified atom stereocenters. The molecule has 0 amide bonds. The molecule has 0 saturated heterocycles. The minimum Gasteiger partial charge on any atom is -0.394 e. The molecule has 0 bridgehead atoms. The number of ether oxygens (including phenoxy) is 1. The highest BCUT2D eigenvalue weighted by Gasteiger charge is 2.20. The van der Waals surface area contributed by atoms with Crippen LogP contribution in [0.4, 0.5) is 11.5 Å². The van der Waals surface area contributed by atoms with E-state index in [0.29, 0.717) is 13.2 Å². The van der Waals surface area contributed by atoms with Gasteiger partial charge in [-0.2, -0.15) is 5.10 Å². The third-order valence-corrected chi connectivity index (χ3v) is 2.84. The van der Waals surface area contributed by atoms with Gasteiger partial charge in [-0.05, 0) is 41.5 Å². The molecule has 18 heavy (non-hydrogen) atoms. The summed E-state index contributed by atoms with van der Waals surface area (Å²) in [5, 5.41) is 7.80. The summed E-state index contributed by atoms with van der Waals surface area (Å²) in [7, 11) is 0. The fraction of sp³-hybridized carbons (Fsp3) is 0.769. The summed E-state index contributed by atoms with van der Waals surface area (Å²) >= 11 is 0.